The third-order valence-electron chi connectivity index (χ3n) is 19.1. The number of pyridine rings is 1. The standard InChI is InChI=1S/C77H96ClN17O13/c1-45(2)35-58(67(98)86-57(12-7-29-84-76(81)82)74(105)94-30-8-13-64(94)72(103)85-46(3)66(80)97)87-68(99)59(37-47-14-16-50(17-15-47)43-93-31-33-108-34-32-93)88-69(100)60(38-48-21-26-56(79)27-22-48)89-71(102)63(44-96)91-70(101)61(40-52-9-6-28-83-42-52)90-73(104)65(41-49-19-24-55(78)25-20-49)95-75(106)62(92-77(95)107)39-51-18-23-53-10-4-5-11-54(53)36-51/h4-6,9-11,14-28,36,42,45-46,57-65,96H,7-8,12-13,29-35,37-41,43-44,79H2,1-3H3,(H2,80,97)(H,85,103)(H,86,98)(H,87,99)(H,88,100)(H,89,102)(H,90,104)(H,91,101)(H,92,107)(H4,81,82,84)/t46-,57+,58+,59-,60+,61-,62?,63+,64+,65?/m1/s1. The van der Waals surface area contributed by atoms with Crippen molar-refractivity contribution in [3.05, 3.63) is 178 Å². The number of primary amides is 1. The minimum absolute atomic E-state index is 0.00893. The number of nitrogen functional groups attached to an aromatic ring is 1. The summed E-state index contributed by atoms with van der Waals surface area (Å²) in [6.45, 7) is 7.46. The first kappa shape index (κ1) is 81.0. The number of benzene rings is 5. The molecule has 3 fully saturated rings. The van der Waals surface area contributed by atoms with Crippen molar-refractivity contribution in [2.75, 3.05) is 51.7 Å². The van der Waals surface area contributed by atoms with E-state index in [1.807, 2.05) is 68.4 Å². The topological polar surface area (TPSA) is 450 Å². The molecule has 1 aromatic heterocycles. The number of aliphatic hydroxyl groups excluding tert-OH is 1. The second-order valence-electron chi connectivity index (χ2n) is 27.8. The van der Waals surface area contributed by atoms with Gasteiger partial charge in [-0.25, -0.2) is 9.69 Å². The van der Waals surface area contributed by atoms with Crippen molar-refractivity contribution in [2.45, 2.75) is 152 Å². The lowest BCUT2D eigenvalue weighted by Crippen LogP contribution is -2.61. The molecule has 0 saturated carbocycles. The average molecular weight is 1500 g/mol. The number of anilines is 1. The summed E-state index contributed by atoms with van der Waals surface area (Å²) in [7, 11) is 0. The Bertz CT molecular complexity index is 4170. The van der Waals surface area contributed by atoms with Crippen molar-refractivity contribution in [3.8, 4) is 0 Å². The number of likely N-dealkylation sites (tertiary alicyclic amines) is 1. The number of imide groups is 1. The van der Waals surface area contributed by atoms with E-state index in [9.17, 15) is 43.5 Å². The van der Waals surface area contributed by atoms with Crippen LogP contribution in [0.15, 0.2) is 140 Å². The van der Waals surface area contributed by atoms with Crippen LogP contribution in [0.25, 0.3) is 10.8 Å². The number of nitrogens with two attached hydrogens (primary N) is 3. The number of nitrogens with zero attached hydrogens (tertiary/aromatic N) is 4. The van der Waals surface area contributed by atoms with Gasteiger partial charge in [0, 0.05) is 87.9 Å². The van der Waals surface area contributed by atoms with Gasteiger partial charge in [0.05, 0.1) is 19.8 Å². The fourth-order valence-electron chi connectivity index (χ4n) is 13.2. The summed E-state index contributed by atoms with van der Waals surface area (Å²) in [5.41, 5.74) is 21.1. The Kier molecular flexibility index (Phi) is 29.2. The molecule has 108 heavy (non-hydrogen) atoms. The SMILES string of the molecule is CC(C)C[C@H](NC(=O)[C@@H](Cc1ccc(CN2CCOCC2)cc1)NC(=O)[C@H](Cc1ccc(N)cc1)NC(=O)[C@H](CO)NC(=O)[C@@H](Cc1cccnc1)NC(=O)C(Cc1ccc(Cl)cc1)N1C(=O)NC(Cc2ccc3ccccc3c2)C1=O)C(=O)N[C@@H](CCCNC(=N)N)C(=O)N1CCC[C@H]1C(=O)N[C@H](C)C(N)=O. The Balaban J connectivity index is 0.971. The second kappa shape index (κ2) is 39.0. The predicted octanol–water partition coefficient (Wildman–Crippen LogP) is 1.30. The minimum atomic E-state index is -1.83. The molecule has 3 aliphatic rings. The third kappa shape index (κ3) is 23.2. The number of urea groups is 1. The van der Waals surface area contributed by atoms with Crippen LogP contribution < -0.4 is 65.1 Å². The van der Waals surface area contributed by atoms with E-state index in [1.54, 1.807) is 72.8 Å². The Morgan fingerprint density at radius 2 is 1.18 bits per heavy atom. The smallest absolute Gasteiger partial charge is 0.325 e. The first-order chi connectivity index (χ1) is 51.8. The maximum absolute atomic E-state index is 15.3. The molecule has 574 valence electrons. The maximum atomic E-state index is 15.3. The minimum Gasteiger partial charge on any atom is -0.399 e. The zero-order chi connectivity index (χ0) is 77.6. The third-order valence-corrected chi connectivity index (χ3v) is 19.3. The Morgan fingerprint density at radius 1 is 0.630 bits per heavy atom. The van der Waals surface area contributed by atoms with Gasteiger partial charge in [-0.15, -0.1) is 0 Å². The van der Waals surface area contributed by atoms with Gasteiger partial charge in [0.15, 0.2) is 5.96 Å². The number of carbonyl (C=O) groups excluding carboxylic acids is 11. The summed E-state index contributed by atoms with van der Waals surface area (Å²) in [6.07, 6.45) is 3.01. The van der Waals surface area contributed by atoms with Crippen LogP contribution in [0.3, 0.4) is 0 Å². The number of nitrogens with one attached hydrogen (secondary N) is 10. The van der Waals surface area contributed by atoms with Gasteiger partial charge in [-0.2, -0.15) is 0 Å². The molecule has 0 radical (unpaired) electrons. The number of guanidine groups is 1. The Hall–Kier alpha value is -11.1. The highest BCUT2D eigenvalue weighted by Crippen LogP contribution is 2.25. The van der Waals surface area contributed by atoms with Gasteiger partial charge < -0.3 is 79.8 Å². The highest BCUT2D eigenvalue weighted by atomic mass is 35.5. The van der Waals surface area contributed by atoms with Crippen LogP contribution in [0.4, 0.5) is 10.5 Å². The van der Waals surface area contributed by atoms with Gasteiger partial charge >= 0.3 is 6.03 Å². The monoisotopic (exact) mass is 1500 g/mol. The van der Waals surface area contributed by atoms with E-state index >= 15 is 14.4 Å². The lowest BCUT2D eigenvalue weighted by molar-refractivity contribution is -0.142. The van der Waals surface area contributed by atoms with Crippen molar-refractivity contribution in [3.63, 3.8) is 0 Å². The van der Waals surface area contributed by atoms with E-state index in [0.717, 1.165) is 39.9 Å². The molecule has 31 heteroatoms. The van der Waals surface area contributed by atoms with Crippen molar-refractivity contribution in [1.29, 1.82) is 5.41 Å². The van der Waals surface area contributed by atoms with Gasteiger partial charge in [-0.05, 0) is 119 Å². The van der Waals surface area contributed by atoms with E-state index in [0.29, 0.717) is 59.1 Å². The lowest BCUT2D eigenvalue weighted by Gasteiger charge is -2.31. The molecule has 4 heterocycles. The van der Waals surface area contributed by atoms with Gasteiger partial charge in [0.1, 0.15) is 60.4 Å². The molecule has 3 saturated heterocycles. The number of hydrogen-bond acceptors (Lipinski definition) is 17. The summed E-state index contributed by atoms with van der Waals surface area (Å²) < 4.78 is 5.55. The van der Waals surface area contributed by atoms with Crippen molar-refractivity contribution < 1.29 is 62.6 Å². The quantitative estimate of drug-likeness (QED) is 0.00866. The number of morpholine rings is 1. The number of amides is 12. The zero-order valence-corrected chi connectivity index (χ0v) is 61.4. The highest BCUT2D eigenvalue weighted by molar-refractivity contribution is 6.30. The summed E-state index contributed by atoms with van der Waals surface area (Å²) in [5, 5.41) is 45.4. The molecule has 17 N–H and O–H groups in total. The van der Waals surface area contributed by atoms with E-state index in [1.165, 1.54) is 24.2 Å². The highest BCUT2D eigenvalue weighted by Gasteiger charge is 2.46. The van der Waals surface area contributed by atoms with Crippen LogP contribution in [0.1, 0.15) is 86.3 Å². The van der Waals surface area contributed by atoms with E-state index in [4.69, 9.17) is 38.9 Å². The lowest BCUT2D eigenvalue weighted by atomic mass is 9.99. The number of halogens is 1. The van der Waals surface area contributed by atoms with E-state index in [2.05, 4.69) is 57.7 Å². The van der Waals surface area contributed by atoms with Crippen LogP contribution >= 0.6 is 11.6 Å². The molecular formula is C77H96ClN17O13. The first-order valence-corrected chi connectivity index (χ1v) is 36.5. The van der Waals surface area contributed by atoms with Crippen LogP contribution in [-0.2, 0) is 91.3 Å². The van der Waals surface area contributed by atoms with Gasteiger partial charge in [0.25, 0.3) is 5.91 Å². The summed E-state index contributed by atoms with van der Waals surface area (Å²) in [6, 6.07) is 22.1. The fraction of sp³-hybridized carbons (Fsp3) is 0.416. The van der Waals surface area contributed by atoms with E-state index in [-0.39, 0.29) is 82.8 Å². The number of rotatable bonds is 36. The van der Waals surface area contributed by atoms with Gasteiger partial charge in [0.2, 0.25) is 53.2 Å². The van der Waals surface area contributed by atoms with Crippen molar-refractivity contribution >= 4 is 99.1 Å². The average Bonchev–Trinajstić information content (AvgIpc) is 1.63. The van der Waals surface area contributed by atoms with Crippen LogP contribution in [-0.4, -0.2) is 202 Å². The number of hydrogen-bond donors (Lipinski definition) is 14. The van der Waals surface area contributed by atoms with Crippen LogP contribution in [0.2, 0.25) is 5.02 Å². The number of aliphatic hydroxyl groups is 1. The normalized spacial score (nSPS) is 17.4. The van der Waals surface area contributed by atoms with Gasteiger partial charge in [-0.3, -0.25) is 63.2 Å². The molecule has 6 aromatic rings. The van der Waals surface area contributed by atoms with Crippen molar-refractivity contribution in [1.82, 2.24) is 67.5 Å². The number of ether oxygens (including phenoxy) is 1. The van der Waals surface area contributed by atoms with Crippen LogP contribution in [0, 0.1) is 11.3 Å². The second-order valence-corrected chi connectivity index (χ2v) is 28.3. The largest absolute Gasteiger partial charge is 0.399 e. The number of carbonyl (C=O) groups is 11. The molecular weight excluding hydrogens is 1410 g/mol. The molecule has 12 amide bonds. The molecule has 10 atom stereocenters. The van der Waals surface area contributed by atoms with Crippen LogP contribution in [0.5, 0.6) is 0 Å². The first-order valence-electron chi connectivity index (χ1n) is 36.2. The molecule has 5 aromatic carbocycles. The number of fused-ring (bicyclic) bond motifs is 1. The maximum Gasteiger partial charge on any atom is 0.325 e. The van der Waals surface area contributed by atoms with E-state index < -0.39 is 132 Å². The Labute approximate surface area is 631 Å². The molecule has 3 aliphatic heterocycles. The predicted molar refractivity (Wildman–Crippen MR) is 403 cm³/mol. The molecule has 0 aliphatic carbocycles. The molecule has 0 bridgehead atoms. The van der Waals surface area contributed by atoms with Gasteiger partial charge in [-0.1, -0.05) is 123 Å². The fourth-order valence-corrected chi connectivity index (χ4v) is 13.4. The zero-order valence-electron chi connectivity index (χ0n) is 60.6. The summed E-state index contributed by atoms with van der Waals surface area (Å²) in [4.78, 5) is 167. The molecule has 9 rings (SSSR count). The molecule has 2 unspecified atom stereocenters. The molecule has 0 spiro atoms. The van der Waals surface area contributed by atoms with Crippen molar-refractivity contribution in [2.24, 2.45) is 17.4 Å². The summed E-state index contributed by atoms with van der Waals surface area (Å²) >= 11 is 6.26. The molecule has 30 nitrogen and oxygen atoms in total. The summed E-state index contributed by atoms with van der Waals surface area (Å²) in [5.74, 6) is -8.89. The Morgan fingerprint density at radius 3 is 1.79 bits per heavy atom. The number of aromatic nitrogens is 1.